The molecule has 3 nitrogen and oxygen atoms in total. The van der Waals surface area contributed by atoms with Crippen LogP contribution in [0.15, 0.2) is 12.3 Å². The van der Waals surface area contributed by atoms with Crippen molar-refractivity contribution in [2.24, 2.45) is 0 Å². The van der Waals surface area contributed by atoms with Gasteiger partial charge in [0.1, 0.15) is 0 Å². The molecule has 1 heterocycles. The molecule has 21 heavy (non-hydrogen) atoms. The van der Waals surface area contributed by atoms with Gasteiger partial charge in [0.05, 0.1) is 0 Å². The van der Waals surface area contributed by atoms with Gasteiger partial charge in [-0.1, -0.05) is 26.7 Å². The number of rotatable bonds is 10. The third-order valence-electron chi connectivity index (χ3n) is 3.59. The molecule has 0 saturated heterocycles. The normalized spacial score (nSPS) is 11.1. The number of nitrogens with zero attached hydrogens (tertiary/aromatic N) is 2. The molecule has 0 aliphatic carbocycles. The lowest BCUT2D eigenvalue weighted by Crippen LogP contribution is -2.33. The Hall–Kier alpha value is -1.16. The summed E-state index contributed by atoms with van der Waals surface area (Å²) >= 11 is 0. The van der Waals surface area contributed by atoms with Crippen molar-refractivity contribution in [3.63, 3.8) is 0 Å². The Morgan fingerprint density at radius 3 is 2.62 bits per heavy atom. The maximum atomic E-state index is 14.7. The van der Waals surface area contributed by atoms with E-state index in [0.29, 0.717) is 17.9 Å². The molecule has 0 aromatic carbocycles. The average molecular weight is 295 g/mol. The van der Waals surface area contributed by atoms with Crippen LogP contribution in [0, 0.1) is 5.82 Å². The first-order valence-corrected chi connectivity index (χ1v) is 8.22. The van der Waals surface area contributed by atoms with Crippen molar-refractivity contribution in [1.29, 1.82) is 0 Å². The second-order valence-corrected chi connectivity index (χ2v) is 5.78. The minimum absolute atomic E-state index is 0.175. The standard InChI is InChI=1S/C17H30FN3/c1-5-7-8-12-21(14(3)4)17-16(18)15(9-11-20-17)13-19-10-6-2/h9,11,14,19H,5-8,10,12-13H2,1-4H3. The lowest BCUT2D eigenvalue weighted by Gasteiger charge is -2.28. The van der Waals surface area contributed by atoms with Crippen LogP contribution in [0.3, 0.4) is 0 Å². The fourth-order valence-electron chi connectivity index (χ4n) is 2.35. The number of aromatic nitrogens is 1. The first-order chi connectivity index (χ1) is 10.1. The fraction of sp³-hybridized carbons (Fsp3) is 0.706. The Labute approximate surface area is 129 Å². The maximum Gasteiger partial charge on any atom is 0.170 e. The topological polar surface area (TPSA) is 28.2 Å². The third kappa shape index (κ3) is 5.62. The molecular weight excluding hydrogens is 265 g/mol. The van der Waals surface area contributed by atoms with Crippen LogP contribution in [0.5, 0.6) is 0 Å². The molecule has 0 radical (unpaired) electrons. The Bertz CT molecular complexity index is 407. The highest BCUT2D eigenvalue weighted by atomic mass is 19.1. The smallest absolute Gasteiger partial charge is 0.170 e. The van der Waals surface area contributed by atoms with E-state index in [9.17, 15) is 4.39 Å². The van der Waals surface area contributed by atoms with Crippen molar-refractivity contribution in [2.75, 3.05) is 18.0 Å². The molecule has 0 bridgehead atoms. The molecule has 0 aliphatic heterocycles. The number of pyridine rings is 1. The Kier molecular flexibility index (Phi) is 8.28. The lowest BCUT2D eigenvalue weighted by molar-refractivity contribution is 0.554. The summed E-state index contributed by atoms with van der Waals surface area (Å²) in [5.41, 5.74) is 0.703. The summed E-state index contributed by atoms with van der Waals surface area (Å²) < 4.78 is 14.7. The van der Waals surface area contributed by atoms with Gasteiger partial charge in [-0.15, -0.1) is 0 Å². The number of unbranched alkanes of at least 4 members (excludes halogenated alkanes) is 2. The van der Waals surface area contributed by atoms with Crippen molar-refractivity contribution in [3.05, 3.63) is 23.6 Å². The molecule has 0 spiro atoms. The van der Waals surface area contributed by atoms with Gasteiger partial charge >= 0.3 is 0 Å². The van der Waals surface area contributed by atoms with E-state index >= 15 is 0 Å². The molecule has 1 N–H and O–H groups in total. The predicted octanol–water partition coefficient (Wildman–Crippen LogP) is 4.13. The number of hydrogen-bond acceptors (Lipinski definition) is 3. The van der Waals surface area contributed by atoms with Crippen LogP contribution in [0.25, 0.3) is 0 Å². The zero-order valence-corrected chi connectivity index (χ0v) is 14.0. The van der Waals surface area contributed by atoms with Gasteiger partial charge in [0.2, 0.25) is 0 Å². The van der Waals surface area contributed by atoms with Gasteiger partial charge in [-0.3, -0.25) is 0 Å². The Morgan fingerprint density at radius 1 is 1.24 bits per heavy atom. The zero-order chi connectivity index (χ0) is 15.7. The molecule has 0 aliphatic rings. The SMILES string of the molecule is CCCCCN(c1nccc(CNCCC)c1F)C(C)C. The van der Waals surface area contributed by atoms with E-state index in [2.05, 4.69) is 42.9 Å². The molecule has 4 heteroatoms. The van der Waals surface area contributed by atoms with Crippen LogP contribution in [0.4, 0.5) is 10.2 Å². The fourth-order valence-corrected chi connectivity index (χ4v) is 2.35. The van der Waals surface area contributed by atoms with Crippen molar-refractivity contribution in [3.8, 4) is 0 Å². The van der Waals surface area contributed by atoms with E-state index < -0.39 is 0 Å². The van der Waals surface area contributed by atoms with Crippen LogP contribution < -0.4 is 10.2 Å². The molecule has 0 saturated carbocycles. The summed E-state index contributed by atoms with van der Waals surface area (Å²) in [7, 11) is 0. The van der Waals surface area contributed by atoms with Crippen molar-refractivity contribution < 1.29 is 4.39 Å². The van der Waals surface area contributed by atoms with Crippen LogP contribution in [0.2, 0.25) is 0 Å². The molecular formula is C17H30FN3. The summed E-state index contributed by atoms with van der Waals surface area (Å²) in [5, 5.41) is 3.25. The molecule has 120 valence electrons. The molecule has 0 fully saturated rings. The monoisotopic (exact) mass is 295 g/mol. The van der Waals surface area contributed by atoms with Crippen molar-refractivity contribution in [1.82, 2.24) is 10.3 Å². The highest BCUT2D eigenvalue weighted by molar-refractivity contribution is 5.43. The van der Waals surface area contributed by atoms with E-state index in [1.54, 1.807) is 12.3 Å². The highest BCUT2D eigenvalue weighted by Gasteiger charge is 2.18. The summed E-state index contributed by atoms with van der Waals surface area (Å²) in [4.78, 5) is 6.37. The van der Waals surface area contributed by atoms with Gasteiger partial charge in [0, 0.05) is 30.9 Å². The number of halogens is 1. The highest BCUT2D eigenvalue weighted by Crippen LogP contribution is 2.22. The summed E-state index contributed by atoms with van der Waals surface area (Å²) in [5.74, 6) is 0.322. The molecule has 0 atom stereocenters. The summed E-state index contributed by atoms with van der Waals surface area (Å²) in [6, 6.07) is 2.02. The van der Waals surface area contributed by atoms with Crippen LogP contribution in [-0.2, 0) is 6.54 Å². The van der Waals surface area contributed by atoms with Crippen molar-refractivity contribution >= 4 is 5.82 Å². The number of hydrogen-bond donors (Lipinski definition) is 1. The summed E-state index contributed by atoms with van der Waals surface area (Å²) in [6.45, 7) is 10.8. The molecule has 1 rings (SSSR count). The number of nitrogens with one attached hydrogen (secondary N) is 1. The van der Waals surface area contributed by atoms with Gasteiger partial charge in [-0.25, -0.2) is 9.37 Å². The van der Waals surface area contributed by atoms with E-state index in [0.717, 1.165) is 25.9 Å². The number of anilines is 1. The van der Waals surface area contributed by atoms with E-state index in [1.807, 2.05) is 0 Å². The van der Waals surface area contributed by atoms with Gasteiger partial charge in [-0.05, 0) is 39.3 Å². The first kappa shape index (κ1) is 17.9. The first-order valence-electron chi connectivity index (χ1n) is 8.22. The quantitative estimate of drug-likeness (QED) is 0.658. The minimum atomic E-state index is -0.175. The zero-order valence-electron chi connectivity index (χ0n) is 14.0. The van der Waals surface area contributed by atoms with E-state index in [1.165, 1.54) is 12.8 Å². The van der Waals surface area contributed by atoms with Crippen molar-refractivity contribution in [2.45, 2.75) is 66.0 Å². The largest absolute Gasteiger partial charge is 0.352 e. The molecule has 1 aromatic rings. The van der Waals surface area contributed by atoms with Gasteiger partial charge in [-0.2, -0.15) is 0 Å². The van der Waals surface area contributed by atoms with Gasteiger partial charge < -0.3 is 10.2 Å². The minimum Gasteiger partial charge on any atom is -0.352 e. The average Bonchev–Trinajstić information content (AvgIpc) is 2.46. The van der Waals surface area contributed by atoms with Gasteiger partial charge in [0.25, 0.3) is 0 Å². The maximum absolute atomic E-state index is 14.7. The molecule has 0 unspecified atom stereocenters. The van der Waals surface area contributed by atoms with Crippen LogP contribution in [0.1, 0.15) is 58.9 Å². The summed E-state index contributed by atoms with van der Waals surface area (Å²) in [6.07, 6.45) is 6.19. The van der Waals surface area contributed by atoms with E-state index in [4.69, 9.17) is 0 Å². The Balaban J connectivity index is 2.84. The lowest BCUT2D eigenvalue weighted by atomic mass is 10.2. The van der Waals surface area contributed by atoms with Crippen LogP contribution in [-0.4, -0.2) is 24.1 Å². The third-order valence-corrected chi connectivity index (χ3v) is 3.59. The second kappa shape index (κ2) is 9.72. The Morgan fingerprint density at radius 2 is 2.00 bits per heavy atom. The second-order valence-electron chi connectivity index (χ2n) is 5.78. The molecule has 1 aromatic heterocycles. The van der Waals surface area contributed by atoms with Gasteiger partial charge in [0.15, 0.2) is 11.6 Å². The van der Waals surface area contributed by atoms with Crippen LogP contribution >= 0.6 is 0 Å². The predicted molar refractivity (Wildman–Crippen MR) is 88.2 cm³/mol. The molecule has 0 amide bonds. The van der Waals surface area contributed by atoms with E-state index in [-0.39, 0.29) is 11.9 Å².